The Kier molecular flexibility index (Phi) is 5.92. The molecule has 0 aliphatic heterocycles. The second kappa shape index (κ2) is 7.63. The molecule has 32 heavy (non-hydrogen) atoms. The molecule has 0 aromatic carbocycles. The Morgan fingerprint density at radius 2 is 1.69 bits per heavy atom. The molecule has 3 aliphatic carbocycles. The number of rotatable bonds is 4. The van der Waals surface area contributed by atoms with E-state index >= 15 is 0 Å². The first-order chi connectivity index (χ1) is 14.5. The molecular formula is C26H38O6. The molecular weight excluding hydrogens is 408 g/mol. The van der Waals surface area contributed by atoms with Gasteiger partial charge in [-0.05, 0) is 78.6 Å². The van der Waals surface area contributed by atoms with Crippen molar-refractivity contribution in [2.45, 2.75) is 91.8 Å². The minimum atomic E-state index is -1.59. The Morgan fingerprint density at radius 3 is 2.22 bits per heavy atom. The molecule has 3 rings (SSSR count). The molecule has 0 saturated heterocycles. The monoisotopic (exact) mass is 446 g/mol. The maximum absolute atomic E-state index is 14.1. The zero-order chi connectivity index (χ0) is 24.4. The van der Waals surface area contributed by atoms with Crippen molar-refractivity contribution >= 4 is 17.3 Å². The topological polar surface area (TPSA) is 112 Å². The fourth-order valence-electron chi connectivity index (χ4n) is 6.39. The second-order valence-electron chi connectivity index (χ2n) is 11.6. The van der Waals surface area contributed by atoms with Crippen molar-refractivity contribution in [3.05, 3.63) is 23.0 Å². The van der Waals surface area contributed by atoms with E-state index in [0.29, 0.717) is 12.8 Å². The average molecular weight is 447 g/mol. The van der Waals surface area contributed by atoms with Gasteiger partial charge in [-0.25, -0.2) is 0 Å². The second-order valence-corrected chi connectivity index (χ2v) is 11.6. The van der Waals surface area contributed by atoms with Gasteiger partial charge in [0, 0.05) is 5.92 Å². The van der Waals surface area contributed by atoms with Crippen LogP contribution in [0.5, 0.6) is 0 Å². The molecule has 1 spiro atoms. The fraction of sp³-hybridized carbons (Fsp3) is 0.731. The van der Waals surface area contributed by atoms with Gasteiger partial charge in [0.1, 0.15) is 11.3 Å². The summed E-state index contributed by atoms with van der Waals surface area (Å²) in [6, 6.07) is 0. The first-order valence-electron chi connectivity index (χ1n) is 11.7. The summed E-state index contributed by atoms with van der Waals surface area (Å²) in [5.74, 6) is -3.33. The Morgan fingerprint density at radius 1 is 1.09 bits per heavy atom. The lowest BCUT2D eigenvalue weighted by Gasteiger charge is -2.54. The highest BCUT2D eigenvalue weighted by molar-refractivity contribution is 6.31. The number of carbonyl (C=O) groups is 3. The number of hydrogen-bond donors (Lipinski definition) is 3. The third kappa shape index (κ3) is 3.50. The van der Waals surface area contributed by atoms with Gasteiger partial charge in [0.2, 0.25) is 0 Å². The molecule has 2 saturated carbocycles. The van der Waals surface area contributed by atoms with Crippen LogP contribution in [0.3, 0.4) is 0 Å². The SMILES string of the molecule is CC(C)=CC[C@@]1(C)C(=O)C(C(=O)C(C)C)=C(O)[C@]2(C[C@H]3[C@@H](CC[C@@]3(C)O)[C@](C)(O)C2)C1=O. The average Bonchev–Trinajstić information content (AvgIpc) is 2.99. The molecule has 0 aromatic rings. The van der Waals surface area contributed by atoms with Crippen LogP contribution in [0, 0.1) is 28.6 Å². The van der Waals surface area contributed by atoms with Crippen LogP contribution in [0.4, 0.5) is 0 Å². The van der Waals surface area contributed by atoms with Gasteiger partial charge in [0.15, 0.2) is 17.3 Å². The van der Waals surface area contributed by atoms with Gasteiger partial charge in [-0.15, -0.1) is 0 Å². The minimum absolute atomic E-state index is 0.0749. The van der Waals surface area contributed by atoms with Crippen LogP contribution in [0.2, 0.25) is 0 Å². The molecule has 2 fully saturated rings. The minimum Gasteiger partial charge on any atom is -0.510 e. The van der Waals surface area contributed by atoms with Crippen molar-refractivity contribution in [2.24, 2.45) is 28.6 Å². The highest BCUT2D eigenvalue weighted by Gasteiger charge is 2.68. The Balaban J connectivity index is 2.29. The van der Waals surface area contributed by atoms with E-state index in [2.05, 4.69) is 0 Å². The number of fused-ring (bicyclic) bond motifs is 1. The lowest BCUT2D eigenvalue weighted by atomic mass is 9.49. The largest absolute Gasteiger partial charge is 0.510 e. The zero-order valence-corrected chi connectivity index (χ0v) is 20.4. The number of aliphatic hydroxyl groups is 3. The molecule has 6 atom stereocenters. The van der Waals surface area contributed by atoms with Crippen LogP contribution in [-0.2, 0) is 14.4 Å². The molecule has 178 valence electrons. The summed E-state index contributed by atoms with van der Waals surface area (Å²) >= 11 is 0. The molecule has 6 nitrogen and oxygen atoms in total. The Labute approximate surface area is 190 Å². The van der Waals surface area contributed by atoms with Crippen molar-refractivity contribution < 1.29 is 29.7 Å². The zero-order valence-electron chi connectivity index (χ0n) is 20.4. The summed E-state index contributed by atoms with van der Waals surface area (Å²) < 4.78 is 0. The van der Waals surface area contributed by atoms with Crippen LogP contribution in [0.25, 0.3) is 0 Å². The number of ketones is 3. The highest BCUT2D eigenvalue weighted by atomic mass is 16.3. The Bertz CT molecular complexity index is 917. The van der Waals surface area contributed by atoms with Gasteiger partial charge in [-0.1, -0.05) is 25.5 Å². The molecule has 0 aromatic heterocycles. The van der Waals surface area contributed by atoms with Gasteiger partial charge in [-0.2, -0.15) is 0 Å². The molecule has 0 heterocycles. The summed E-state index contributed by atoms with van der Waals surface area (Å²) in [7, 11) is 0. The molecule has 0 radical (unpaired) electrons. The molecule has 0 bridgehead atoms. The third-order valence-corrected chi connectivity index (χ3v) is 8.32. The number of aliphatic hydroxyl groups excluding tert-OH is 1. The molecule has 3 aliphatic rings. The van der Waals surface area contributed by atoms with E-state index in [9.17, 15) is 29.7 Å². The predicted molar refractivity (Wildman–Crippen MR) is 121 cm³/mol. The number of hydrogen-bond acceptors (Lipinski definition) is 6. The van der Waals surface area contributed by atoms with Crippen molar-refractivity contribution in [3.8, 4) is 0 Å². The maximum Gasteiger partial charge on any atom is 0.183 e. The van der Waals surface area contributed by atoms with E-state index in [0.717, 1.165) is 5.57 Å². The van der Waals surface area contributed by atoms with Crippen LogP contribution >= 0.6 is 0 Å². The van der Waals surface area contributed by atoms with E-state index in [1.807, 2.05) is 13.8 Å². The van der Waals surface area contributed by atoms with Gasteiger partial charge in [0.25, 0.3) is 0 Å². The molecule has 6 heteroatoms. The van der Waals surface area contributed by atoms with E-state index in [1.54, 1.807) is 40.7 Å². The standard InChI is InChI=1S/C26H38O6/c1-14(2)8-10-23(5)20(28)18(19(27)15(3)4)21(29)26(22(23)30)12-17-16(25(7,32)13-26)9-11-24(17,6)31/h8,15-17,29,31-32H,9-13H2,1-7H3/t16-,17+,23+,24-,25-,26-/m1/s1. The number of Topliss-reactive ketones (excluding diaryl/α,β-unsaturated/α-hetero) is 3. The highest BCUT2D eigenvalue weighted by Crippen LogP contribution is 2.62. The fourth-order valence-corrected chi connectivity index (χ4v) is 6.39. The lowest BCUT2D eigenvalue weighted by Crippen LogP contribution is -2.61. The predicted octanol–water partition coefficient (Wildman–Crippen LogP) is 3.85. The summed E-state index contributed by atoms with van der Waals surface area (Å²) in [5.41, 5.74) is -4.94. The van der Waals surface area contributed by atoms with Crippen LogP contribution < -0.4 is 0 Å². The first kappa shape index (κ1) is 24.8. The normalized spacial score (nSPS) is 41.9. The van der Waals surface area contributed by atoms with Gasteiger partial charge in [-0.3, -0.25) is 14.4 Å². The van der Waals surface area contributed by atoms with Crippen LogP contribution in [-0.4, -0.2) is 43.9 Å². The molecule has 0 unspecified atom stereocenters. The summed E-state index contributed by atoms with van der Waals surface area (Å²) in [4.78, 5) is 40.8. The third-order valence-electron chi connectivity index (χ3n) is 8.32. The van der Waals surface area contributed by atoms with Crippen LogP contribution in [0.15, 0.2) is 23.0 Å². The van der Waals surface area contributed by atoms with E-state index in [-0.39, 0.29) is 30.8 Å². The number of allylic oxidation sites excluding steroid dienone is 4. The van der Waals surface area contributed by atoms with Gasteiger partial charge >= 0.3 is 0 Å². The molecule has 0 amide bonds. The van der Waals surface area contributed by atoms with E-state index in [4.69, 9.17) is 0 Å². The van der Waals surface area contributed by atoms with Gasteiger partial charge in [0.05, 0.1) is 22.0 Å². The molecule has 3 N–H and O–H groups in total. The van der Waals surface area contributed by atoms with E-state index in [1.165, 1.54) is 0 Å². The quantitative estimate of drug-likeness (QED) is 0.344. The smallest absolute Gasteiger partial charge is 0.183 e. The van der Waals surface area contributed by atoms with Crippen molar-refractivity contribution in [3.63, 3.8) is 0 Å². The van der Waals surface area contributed by atoms with Crippen LogP contribution in [0.1, 0.15) is 80.6 Å². The van der Waals surface area contributed by atoms with Crippen molar-refractivity contribution in [1.29, 1.82) is 0 Å². The summed E-state index contributed by atoms with van der Waals surface area (Å²) in [5, 5.41) is 34.0. The summed E-state index contributed by atoms with van der Waals surface area (Å²) in [6.07, 6.45) is 3.05. The number of carbonyl (C=O) groups excluding carboxylic acids is 3. The maximum atomic E-state index is 14.1. The first-order valence-corrected chi connectivity index (χ1v) is 11.7. The summed E-state index contributed by atoms with van der Waals surface area (Å²) in [6.45, 7) is 11.9. The Hall–Kier alpha value is -1.79. The van der Waals surface area contributed by atoms with Crippen molar-refractivity contribution in [1.82, 2.24) is 0 Å². The van der Waals surface area contributed by atoms with Gasteiger partial charge < -0.3 is 15.3 Å². The van der Waals surface area contributed by atoms with E-state index < -0.39 is 57.0 Å². The van der Waals surface area contributed by atoms with Crippen molar-refractivity contribution in [2.75, 3.05) is 0 Å². The lowest BCUT2D eigenvalue weighted by molar-refractivity contribution is -0.167.